The second kappa shape index (κ2) is 5.30. The van der Waals surface area contributed by atoms with Crippen LogP contribution in [-0.4, -0.2) is 36.0 Å². The number of carbonyl (C=O) groups excluding carboxylic acids is 2. The van der Waals surface area contributed by atoms with Crippen molar-refractivity contribution in [3.63, 3.8) is 0 Å². The predicted molar refractivity (Wildman–Crippen MR) is 31.7 cm³/mol. The molecule has 2 nitrogen and oxygen atoms in total. The Labute approximate surface area is 66.1 Å². The Morgan fingerprint density at radius 1 is 1.12 bits per heavy atom. The van der Waals surface area contributed by atoms with Crippen molar-refractivity contribution in [1.82, 2.24) is 0 Å². The summed E-state index contributed by atoms with van der Waals surface area (Å²) >= 11 is 0. The van der Waals surface area contributed by atoms with E-state index in [0.717, 1.165) is 0 Å². The third-order valence-corrected chi connectivity index (χ3v) is 0.498. The van der Waals surface area contributed by atoms with Crippen LogP contribution in [0.3, 0.4) is 0 Å². The van der Waals surface area contributed by atoms with Crippen molar-refractivity contribution in [3.8, 4) is 0 Å². The van der Waals surface area contributed by atoms with E-state index in [2.05, 4.69) is 0 Å². The molecule has 0 bridgehead atoms. The summed E-state index contributed by atoms with van der Waals surface area (Å²) in [6, 6.07) is 0. The SMILES string of the molecule is CC(=O)CC(C)=O.[Sb]. The quantitative estimate of drug-likeness (QED) is 0.493. The Morgan fingerprint density at radius 2 is 1.38 bits per heavy atom. The molecular weight excluding hydrogens is 214 g/mol. The molecule has 8 heavy (non-hydrogen) atoms. The topological polar surface area (TPSA) is 34.1 Å². The van der Waals surface area contributed by atoms with Crippen molar-refractivity contribution < 1.29 is 9.59 Å². The van der Waals surface area contributed by atoms with E-state index in [1.807, 2.05) is 0 Å². The van der Waals surface area contributed by atoms with Crippen molar-refractivity contribution in [2.75, 3.05) is 0 Å². The van der Waals surface area contributed by atoms with Crippen LogP contribution >= 0.6 is 0 Å². The summed E-state index contributed by atoms with van der Waals surface area (Å²) in [4.78, 5) is 20.1. The largest absolute Gasteiger partial charge is 0.300 e. The van der Waals surface area contributed by atoms with E-state index in [0.29, 0.717) is 0 Å². The second-order valence-corrected chi connectivity index (χ2v) is 1.58. The average Bonchev–Trinajstić information content (AvgIpc) is 1.27. The van der Waals surface area contributed by atoms with Gasteiger partial charge in [-0.15, -0.1) is 0 Å². The molecule has 0 aliphatic heterocycles. The van der Waals surface area contributed by atoms with E-state index in [9.17, 15) is 9.59 Å². The fourth-order valence-electron chi connectivity index (χ4n) is 0.351. The predicted octanol–water partition coefficient (Wildman–Crippen LogP) is 0.174. The number of hydrogen-bond acceptors (Lipinski definition) is 2. The minimum absolute atomic E-state index is 0. The van der Waals surface area contributed by atoms with Crippen LogP contribution in [0.4, 0.5) is 0 Å². The van der Waals surface area contributed by atoms with Gasteiger partial charge < -0.3 is 0 Å². The summed E-state index contributed by atoms with van der Waals surface area (Å²) in [6.45, 7) is 2.81. The van der Waals surface area contributed by atoms with Gasteiger partial charge in [0, 0.05) is 24.4 Å². The normalized spacial score (nSPS) is 7.25. The maximum atomic E-state index is 10.0. The molecule has 3 radical (unpaired) electrons. The molecule has 0 atom stereocenters. The van der Waals surface area contributed by atoms with Crippen LogP contribution in [-0.2, 0) is 9.59 Å². The average molecular weight is 222 g/mol. The van der Waals surface area contributed by atoms with Gasteiger partial charge in [-0.05, 0) is 13.8 Å². The standard InChI is InChI=1S/C5H8O2.Sb/c1-4(6)3-5(2)7;/h3H2,1-2H3;. The van der Waals surface area contributed by atoms with Gasteiger partial charge in [-0.25, -0.2) is 0 Å². The second-order valence-electron chi connectivity index (χ2n) is 1.58. The maximum Gasteiger partial charge on any atom is 0.137 e. The summed E-state index contributed by atoms with van der Waals surface area (Å²) in [7, 11) is 0. The first kappa shape index (κ1) is 11.0. The van der Waals surface area contributed by atoms with E-state index >= 15 is 0 Å². The van der Waals surface area contributed by atoms with Crippen LogP contribution in [0.2, 0.25) is 0 Å². The van der Waals surface area contributed by atoms with E-state index in [-0.39, 0.29) is 42.4 Å². The third-order valence-electron chi connectivity index (χ3n) is 0.498. The van der Waals surface area contributed by atoms with Gasteiger partial charge in [0.1, 0.15) is 11.6 Å². The maximum absolute atomic E-state index is 10.0. The van der Waals surface area contributed by atoms with Gasteiger partial charge in [-0.3, -0.25) is 9.59 Å². The van der Waals surface area contributed by atoms with Crippen LogP contribution < -0.4 is 0 Å². The van der Waals surface area contributed by atoms with Crippen LogP contribution in [0.25, 0.3) is 0 Å². The molecule has 0 heterocycles. The first-order chi connectivity index (χ1) is 3.13. The number of carbonyl (C=O) groups is 2. The Morgan fingerprint density at radius 3 is 1.38 bits per heavy atom. The molecule has 45 valence electrons. The molecule has 0 aliphatic rings. The molecule has 0 aliphatic carbocycles. The molecule has 0 aromatic carbocycles. The monoisotopic (exact) mass is 221 g/mol. The number of rotatable bonds is 2. The number of hydrogen-bond donors (Lipinski definition) is 0. The smallest absolute Gasteiger partial charge is 0.137 e. The van der Waals surface area contributed by atoms with Gasteiger partial charge in [-0.1, -0.05) is 0 Å². The van der Waals surface area contributed by atoms with Gasteiger partial charge in [0.15, 0.2) is 0 Å². The van der Waals surface area contributed by atoms with Crippen molar-refractivity contribution in [2.45, 2.75) is 20.3 Å². The van der Waals surface area contributed by atoms with Gasteiger partial charge in [0.25, 0.3) is 0 Å². The Bertz CT molecular complexity index is 86.6. The molecular formula is C5H8O2Sb. The zero-order valence-corrected chi connectivity index (χ0v) is 7.52. The summed E-state index contributed by atoms with van der Waals surface area (Å²) in [6.07, 6.45) is 0.0833. The molecule has 0 spiro atoms. The third kappa shape index (κ3) is 9.48. The van der Waals surface area contributed by atoms with E-state index in [1.165, 1.54) is 13.8 Å². The van der Waals surface area contributed by atoms with Gasteiger partial charge in [0.05, 0.1) is 6.42 Å². The van der Waals surface area contributed by atoms with Crippen LogP contribution in [0.15, 0.2) is 0 Å². The number of ketones is 2. The zero-order valence-electron chi connectivity index (χ0n) is 4.97. The fourth-order valence-corrected chi connectivity index (χ4v) is 0.351. The molecule has 0 aromatic heterocycles. The van der Waals surface area contributed by atoms with Gasteiger partial charge in [-0.2, -0.15) is 0 Å². The van der Waals surface area contributed by atoms with Crippen molar-refractivity contribution in [1.29, 1.82) is 0 Å². The molecule has 0 amide bonds. The Kier molecular flexibility index (Phi) is 7.30. The minimum atomic E-state index is -0.0625. The van der Waals surface area contributed by atoms with Crippen molar-refractivity contribution in [2.24, 2.45) is 0 Å². The summed E-state index contributed by atoms with van der Waals surface area (Å²) in [5.41, 5.74) is 0. The van der Waals surface area contributed by atoms with Crippen molar-refractivity contribution >= 4 is 36.0 Å². The first-order valence-electron chi connectivity index (χ1n) is 2.12. The molecule has 0 N–H and O–H groups in total. The summed E-state index contributed by atoms with van der Waals surface area (Å²) < 4.78 is 0. The fraction of sp³-hybridized carbons (Fsp3) is 0.600. The molecule has 0 saturated heterocycles. The molecule has 3 heteroatoms. The van der Waals surface area contributed by atoms with Crippen LogP contribution in [0.1, 0.15) is 20.3 Å². The van der Waals surface area contributed by atoms with E-state index < -0.39 is 0 Å². The molecule has 0 saturated carbocycles. The van der Waals surface area contributed by atoms with E-state index in [1.54, 1.807) is 0 Å². The van der Waals surface area contributed by atoms with E-state index in [4.69, 9.17) is 0 Å². The Balaban J connectivity index is 0. The molecule has 0 unspecified atom stereocenters. The first-order valence-corrected chi connectivity index (χ1v) is 2.12. The summed E-state index contributed by atoms with van der Waals surface area (Å²) in [5.74, 6) is -0.125. The van der Waals surface area contributed by atoms with Crippen LogP contribution in [0, 0.1) is 0 Å². The Hall–Kier alpha value is 0.158. The van der Waals surface area contributed by atoms with Crippen LogP contribution in [0.5, 0.6) is 0 Å². The minimum Gasteiger partial charge on any atom is -0.300 e. The van der Waals surface area contributed by atoms with Gasteiger partial charge >= 0.3 is 0 Å². The zero-order chi connectivity index (χ0) is 5.86. The van der Waals surface area contributed by atoms with Gasteiger partial charge in [0.2, 0.25) is 0 Å². The number of Topliss-reactive ketones (excluding diaryl/α,β-unsaturated/α-hetero) is 2. The molecule has 0 fully saturated rings. The van der Waals surface area contributed by atoms with Crippen molar-refractivity contribution in [3.05, 3.63) is 0 Å². The molecule has 0 rings (SSSR count). The molecule has 0 aromatic rings. The summed E-state index contributed by atoms with van der Waals surface area (Å²) in [5, 5.41) is 0.